The van der Waals surface area contributed by atoms with Gasteiger partial charge in [-0.3, -0.25) is 5.01 Å². The summed E-state index contributed by atoms with van der Waals surface area (Å²) in [4.78, 5) is 18.2. The molecule has 0 spiro atoms. The number of hydrogen-bond acceptors (Lipinski definition) is 4. The van der Waals surface area contributed by atoms with E-state index < -0.39 is 5.54 Å². The summed E-state index contributed by atoms with van der Waals surface area (Å²) in [6.07, 6.45) is 1.71. The first-order valence-corrected chi connectivity index (χ1v) is 7.26. The van der Waals surface area contributed by atoms with Gasteiger partial charge in [0.25, 0.3) is 0 Å². The van der Waals surface area contributed by atoms with E-state index in [4.69, 9.17) is 4.84 Å². The third-order valence-electron chi connectivity index (χ3n) is 4.84. The lowest BCUT2D eigenvalue weighted by atomic mass is 9.85. The fraction of sp³-hybridized carbons (Fsp3) is 0.235. The summed E-state index contributed by atoms with van der Waals surface area (Å²) >= 11 is 0. The second kappa shape index (κ2) is 3.65. The van der Waals surface area contributed by atoms with Crippen LogP contribution in [0.2, 0.25) is 0 Å². The number of hydrogen-bond donors (Lipinski definition) is 0. The Kier molecular flexibility index (Phi) is 1.97. The van der Waals surface area contributed by atoms with E-state index in [1.165, 1.54) is 5.56 Å². The first-order chi connectivity index (χ1) is 10.3. The van der Waals surface area contributed by atoms with Crippen LogP contribution in [0.3, 0.4) is 0 Å². The zero-order valence-electron chi connectivity index (χ0n) is 11.4. The van der Waals surface area contributed by atoms with E-state index >= 15 is 0 Å². The van der Waals surface area contributed by atoms with Crippen LogP contribution in [0.25, 0.3) is 0 Å². The van der Waals surface area contributed by atoms with E-state index in [9.17, 15) is 4.79 Å². The zero-order valence-corrected chi connectivity index (χ0v) is 11.4. The smallest absolute Gasteiger partial charge is 0.345 e. The van der Waals surface area contributed by atoms with E-state index in [1.807, 2.05) is 36.4 Å². The van der Waals surface area contributed by atoms with E-state index in [1.54, 1.807) is 5.17 Å². The molecule has 21 heavy (non-hydrogen) atoms. The normalized spacial score (nSPS) is 32.0. The average Bonchev–Trinajstić information content (AvgIpc) is 2.94. The van der Waals surface area contributed by atoms with Gasteiger partial charge in [0.15, 0.2) is 5.54 Å². The molecule has 104 valence electrons. The predicted octanol–water partition coefficient (Wildman–Crippen LogP) is 2.41. The van der Waals surface area contributed by atoms with E-state index in [0.29, 0.717) is 0 Å². The first-order valence-electron chi connectivity index (χ1n) is 7.26. The van der Waals surface area contributed by atoms with Crippen molar-refractivity contribution in [1.29, 1.82) is 0 Å². The van der Waals surface area contributed by atoms with E-state index in [2.05, 4.69) is 23.2 Å². The first kappa shape index (κ1) is 11.3. The van der Waals surface area contributed by atoms with Gasteiger partial charge in [0, 0.05) is 6.42 Å². The largest absolute Gasteiger partial charge is 0.359 e. The van der Waals surface area contributed by atoms with Crippen molar-refractivity contribution in [3.05, 3.63) is 65.7 Å². The Bertz CT molecular complexity index is 745. The Morgan fingerprint density at radius 1 is 1.05 bits per heavy atom. The molecule has 3 aliphatic heterocycles. The number of nitrogens with zero attached hydrogens (tertiary/aromatic N) is 2. The van der Waals surface area contributed by atoms with Crippen LogP contribution in [0.1, 0.15) is 17.5 Å². The topological polar surface area (TPSA) is 32.8 Å². The van der Waals surface area contributed by atoms with Crippen LogP contribution in [0, 0.1) is 0 Å². The Morgan fingerprint density at radius 2 is 1.81 bits per heavy atom. The quantitative estimate of drug-likeness (QED) is 0.802. The van der Waals surface area contributed by atoms with E-state index in [-0.39, 0.29) is 12.0 Å². The molecule has 3 aliphatic rings. The lowest BCUT2D eigenvalue weighted by Crippen LogP contribution is -2.45. The maximum absolute atomic E-state index is 12.6. The van der Waals surface area contributed by atoms with Gasteiger partial charge in [-0.2, -0.15) is 0 Å². The average molecular weight is 278 g/mol. The summed E-state index contributed by atoms with van der Waals surface area (Å²) < 4.78 is 0. The lowest BCUT2D eigenvalue weighted by molar-refractivity contribution is -0.189. The number of carbonyl (C=O) groups excluding carboxylic acids is 1. The van der Waals surface area contributed by atoms with Gasteiger partial charge < -0.3 is 4.84 Å². The van der Waals surface area contributed by atoms with Crippen LogP contribution in [0.15, 0.2) is 54.6 Å². The molecule has 4 bridgehead atoms. The fourth-order valence-electron chi connectivity index (χ4n) is 3.96. The minimum Gasteiger partial charge on any atom is -0.345 e. The lowest BCUT2D eigenvalue weighted by Gasteiger charge is -2.34. The molecule has 2 saturated heterocycles. The third-order valence-corrected chi connectivity index (χ3v) is 4.84. The minimum absolute atomic E-state index is 0.165. The molecule has 0 saturated carbocycles. The number of benzene rings is 2. The van der Waals surface area contributed by atoms with Crippen molar-refractivity contribution < 1.29 is 9.63 Å². The molecule has 0 N–H and O–H groups in total. The third kappa shape index (κ3) is 1.22. The molecule has 4 nitrogen and oxygen atoms in total. The maximum atomic E-state index is 12.6. The predicted molar refractivity (Wildman–Crippen MR) is 77.1 cm³/mol. The van der Waals surface area contributed by atoms with Crippen molar-refractivity contribution in [1.82, 2.24) is 5.17 Å². The molecular weight excluding hydrogens is 264 g/mol. The molecule has 4 heteroatoms. The fourth-order valence-corrected chi connectivity index (χ4v) is 3.96. The summed E-state index contributed by atoms with van der Waals surface area (Å²) in [5.41, 5.74) is 2.69. The Morgan fingerprint density at radius 3 is 2.67 bits per heavy atom. The molecule has 1 unspecified atom stereocenters. The van der Waals surface area contributed by atoms with Crippen LogP contribution in [-0.2, 0) is 21.6 Å². The van der Waals surface area contributed by atoms with Gasteiger partial charge >= 0.3 is 5.97 Å². The molecule has 0 aromatic heterocycles. The van der Waals surface area contributed by atoms with Crippen LogP contribution in [0.5, 0.6) is 0 Å². The number of hydrazine groups is 1. The molecule has 0 radical (unpaired) electrons. The van der Waals surface area contributed by atoms with Crippen molar-refractivity contribution in [3.63, 3.8) is 0 Å². The van der Waals surface area contributed by atoms with Crippen molar-refractivity contribution in [2.45, 2.75) is 24.4 Å². The van der Waals surface area contributed by atoms with Gasteiger partial charge in [-0.25, -0.2) is 4.79 Å². The molecule has 2 aromatic rings. The molecule has 2 aromatic carbocycles. The van der Waals surface area contributed by atoms with Crippen LogP contribution in [0.4, 0.5) is 5.69 Å². The van der Waals surface area contributed by atoms with Crippen molar-refractivity contribution >= 4 is 11.7 Å². The summed E-state index contributed by atoms with van der Waals surface area (Å²) in [6.45, 7) is 0. The summed E-state index contributed by atoms with van der Waals surface area (Å²) in [5.74, 6) is -0.165. The number of anilines is 1. The second-order valence-corrected chi connectivity index (χ2v) is 5.91. The van der Waals surface area contributed by atoms with Gasteiger partial charge in [-0.1, -0.05) is 48.5 Å². The van der Waals surface area contributed by atoms with Crippen LogP contribution < -0.4 is 5.01 Å². The second-order valence-electron chi connectivity index (χ2n) is 5.91. The summed E-state index contributed by atoms with van der Waals surface area (Å²) in [5, 5.41) is 3.85. The van der Waals surface area contributed by atoms with Crippen molar-refractivity contribution in [2.75, 3.05) is 5.01 Å². The Hall–Kier alpha value is -2.33. The monoisotopic (exact) mass is 278 g/mol. The summed E-state index contributed by atoms with van der Waals surface area (Å²) in [7, 11) is 0. The highest BCUT2D eigenvalue weighted by Gasteiger charge is 2.67. The molecule has 3 atom stereocenters. The molecule has 0 amide bonds. The molecule has 3 heterocycles. The highest BCUT2D eigenvalue weighted by molar-refractivity contribution is 5.91. The van der Waals surface area contributed by atoms with Crippen molar-refractivity contribution in [3.8, 4) is 0 Å². The standard InChI is InChI=1S/C17H14N2O2/c20-16-17(13-7-2-1-3-8-13)11-14-10-12-6-4-5-9-15(12)18(17)19(14)21-16/h1-9,14H,10-11H2/t14-,17-/m0/s1. The summed E-state index contributed by atoms with van der Waals surface area (Å²) in [6, 6.07) is 18.5. The van der Waals surface area contributed by atoms with Gasteiger partial charge in [0.1, 0.15) is 0 Å². The van der Waals surface area contributed by atoms with Gasteiger partial charge in [0.05, 0.1) is 11.7 Å². The SMILES string of the molecule is O=C1ON2[C@H]3Cc4ccccc4N2[C@]1(c1ccccc1)C3. The Balaban J connectivity index is 1.78. The Labute approximate surface area is 122 Å². The zero-order chi connectivity index (χ0) is 14.0. The maximum Gasteiger partial charge on any atom is 0.359 e. The van der Waals surface area contributed by atoms with Gasteiger partial charge in [-0.15, -0.1) is 0 Å². The highest BCUT2D eigenvalue weighted by Crippen LogP contribution is 2.55. The number of carbonyl (C=O) groups is 1. The minimum atomic E-state index is -0.696. The van der Waals surface area contributed by atoms with Gasteiger partial charge in [-0.05, 0) is 28.8 Å². The molecule has 5 rings (SSSR count). The van der Waals surface area contributed by atoms with Crippen LogP contribution in [-0.4, -0.2) is 17.2 Å². The molecule has 0 aliphatic carbocycles. The van der Waals surface area contributed by atoms with E-state index in [0.717, 1.165) is 24.1 Å². The molecular formula is C17H14N2O2. The molecule has 2 fully saturated rings. The highest BCUT2D eigenvalue weighted by atomic mass is 16.8. The number of para-hydroxylation sites is 1. The van der Waals surface area contributed by atoms with Gasteiger partial charge in [0.2, 0.25) is 0 Å². The van der Waals surface area contributed by atoms with Crippen LogP contribution >= 0.6 is 0 Å². The van der Waals surface area contributed by atoms with Crippen molar-refractivity contribution in [2.24, 2.45) is 0 Å². The number of rotatable bonds is 1. The number of hydroxylamine groups is 1. The number of fused-ring (bicyclic) bond motifs is 1.